The van der Waals surface area contributed by atoms with Crippen LogP contribution in [0.3, 0.4) is 0 Å². The third kappa shape index (κ3) is 3.84. The Morgan fingerprint density at radius 2 is 1.55 bits per heavy atom. The van der Waals surface area contributed by atoms with E-state index < -0.39 is 0 Å². The number of hydrogen-bond donors (Lipinski definition) is 1. The Labute approximate surface area is 121 Å². The smallest absolute Gasteiger partial charge is 0.253 e. The third-order valence-electron chi connectivity index (χ3n) is 3.63. The molecule has 0 bridgehead atoms. The molecule has 0 amide bonds. The first-order valence-corrected chi connectivity index (χ1v) is 7.26. The zero-order valence-corrected chi connectivity index (χ0v) is 13.9. The highest BCUT2D eigenvalue weighted by molar-refractivity contribution is 5.75. The second kappa shape index (κ2) is 5.58. The van der Waals surface area contributed by atoms with Crippen LogP contribution in [0.15, 0.2) is 9.59 Å². The number of hydrogen-bond acceptors (Lipinski definition) is 4. The molecule has 0 aromatic heterocycles. The molecule has 0 aliphatic carbocycles. The van der Waals surface area contributed by atoms with Gasteiger partial charge in [0.15, 0.2) is 0 Å². The third-order valence-corrected chi connectivity index (χ3v) is 3.63. The molecular weight excluding hydrogens is 252 g/mol. The van der Waals surface area contributed by atoms with Crippen molar-refractivity contribution in [3.05, 3.63) is 20.4 Å². The lowest BCUT2D eigenvalue weighted by Crippen LogP contribution is -2.48. The van der Waals surface area contributed by atoms with Crippen molar-refractivity contribution in [2.45, 2.75) is 59.9 Å². The van der Waals surface area contributed by atoms with Crippen molar-refractivity contribution in [3.8, 4) is 0 Å². The number of nitrogens with zero attached hydrogens (tertiary/aromatic N) is 1. The predicted octanol–water partition coefficient (Wildman–Crippen LogP) is 2.76. The highest BCUT2D eigenvalue weighted by Crippen LogP contribution is 2.26. The fourth-order valence-corrected chi connectivity index (χ4v) is 2.03. The zero-order chi connectivity index (χ0) is 15.7. The summed E-state index contributed by atoms with van der Waals surface area (Å²) >= 11 is 0. The molecular formula is C16H28N2O2. The monoisotopic (exact) mass is 280 g/mol. The van der Waals surface area contributed by atoms with Crippen LogP contribution < -0.4 is 21.1 Å². The summed E-state index contributed by atoms with van der Waals surface area (Å²) in [4.78, 5) is 25.3. The van der Waals surface area contributed by atoms with E-state index in [1.54, 1.807) is 0 Å². The Kier molecular flexibility index (Phi) is 4.67. The second-order valence-corrected chi connectivity index (χ2v) is 7.70. The molecule has 114 valence electrons. The van der Waals surface area contributed by atoms with E-state index >= 15 is 0 Å². The van der Waals surface area contributed by atoms with Crippen LogP contribution in [0.2, 0.25) is 0 Å². The number of anilines is 2. The van der Waals surface area contributed by atoms with Gasteiger partial charge in [0.25, 0.3) is 10.9 Å². The van der Waals surface area contributed by atoms with Crippen LogP contribution in [0.1, 0.15) is 54.4 Å². The normalized spacial score (nSPS) is 12.8. The molecule has 1 rings (SSSR count). The summed E-state index contributed by atoms with van der Waals surface area (Å²) in [6.45, 7) is 13.4. The molecule has 1 N–H and O–H groups in total. The lowest BCUT2D eigenvalue weighted by molar-refractivity contribution is 0.370. The number of rotatable bonds is 5. The molecule has 0 heterocycles. The molecule has 0 aliphatic rings. The molecule has 0 aliphatic heterocycles. The van der Waals surface area contributed by atoms with Gasteiger partial charge in [-0.05, 0) is 39.0 Å². The summed E-state index contributed by atoms with van der Waals surface area (Å²) in [5.41, 5.74) is 0.372. The summed E-state index contributed by atoms with van der Waals surface area (Å²) < 4.78 is 0. The molecule has 0 radical (unpaired) electrons. The molecule has 0 saturated heterocycles. The fourth-order valence-electron chi connectivity index (χ4n) is 2.03. The minimum absolute atomic E-state index is 0.177. The highest BCUT2D eigenvalue weighted by Gasteiger charge is 2.29. The van der Waals surface area contributed by atoms with Crippen LogP contribution in [0.5, 0.6) is 0 Å². The first-order valence-electron chi connectivity index (χ1n) is 7.26. The maximum absolute atomic E-state index is 11.8. The van der Waals surface area contributed by atoms with E-state index in [1.165, 1.54) is 0 Å². The summed E-state index contributed by atoms with van der Waals surface area (Å²) in [5, 5.41) is 3.14. The van der Waals surface area contributed by atoms with Crippen molar-refractivity contribution in [1.29, 1.82) is 0 Å². The van der Waals surface area contributed by atoms with Crippen LogP contribution in [-0.4, -0.2) is 19.1 Å². The van der Waals surface area contributed by atoms with E-state index in [1.807, 2.05) is 32.7 Å². The van der Waals surface area contributed by atoms with E-state index in [2.05, 4.69) is 26.1 Å². The predicted molar refractivity (Wildman–Crippen MR) is 86.7 cm³/mol. The van der Waals surface area contributed by atoms with Gasteiger partial charge < -0.3 is 10.2 Å². The minimum atomic E-state index is -0.383. The lowest BCUT2D eigenvalue weighted by Gasteiger charge is -2.35. The molecule has 1 aromatic rings. The van der Waals surface area contributed by atoms with Gasteiger partial charge in [-0.2, -0.15) is 0 Å². The van der Waals surface area contributed by atoms with Gasteiger partial charge in [-0.3, -0.25) is 9.59 Å². The topological polar surface area (TPSA) is 49.4 Å². The van der Waals surface area contributed by atoms with Crippen molar-refractivity contribution in [2.24, 2.45) is 5.41 Å². The highest BCUT2D eigenvalue weighted by atomic mass is 16.2. The van der Waals surface area contributed by atoms with Gasteiger partial charge in [-0.25, -0.2) is 0 Å². The molecule has 4 nitrogen and oxygen atoms in total. The maximum Gasteiger partial charge on any atom is 0.253 e. The molecule has 4 heteroatoms. The van der Waals surface area contributed by atoms with Crippen molar-refractivity contribution >= 4 is 11.4 Å². The van der Waals surface area contributed by atoms with Crippen LogP contribution in [0.25, 0.3) is 0 Å². The minimum Gasteiger partial charge on any atom is -0.380 e. The summed E-state index contributed by atoms with van der Waals surface area (Å²) in [6, 6.07) is 0. The largest absolute Gasteiger partial charge is 0.380 e. The maximum atomic E-state index is 11.8. The van der Waals surface area contributed by atoms with Crippen LogP contribution in [0, 0.1) is 5.41 Å². The number of nitrogens with one attached hydrogen (secondary N) is 1. The average molecular weight is 280 g/mol. The van der Waals surface area contributed by atoms with E-state index in [0.29, 0.717) is 16.8 Å². The average Bonchev–Trinajstić information content (AvgIpc) is 2.28. The quantitative estimate of drug-likeness (QED) is 0.665. The second-order valence-electron chi connectivity index (χ2n) is 7.70. The van der Waals surface area contributed by atoms with Gasteiger partial charge in [0.2, 0.25) is 0 Å². The van der Waals surface area contributed by atoms with Gasteiger partial charge in [-0.15, -0.1) is 0 Å². The fraction of sp³-hybridized carbons (Fsp3) is 0.750. The molecule has 0 atom stereocenters. The van der Waals surface area contributed by atoms with Gasteiger partial charge >= 0.3 is 0 Å². The van der Waals surface area contributed by atoms with Gasteiger partial charge in [0, 0.05) is 19.1 Å². The SMILES string of the molecule is CN(c1c(NCCCC(C)(C)C)c(=O)c1=O)C(C)(C)C. The first kappa shape index (κ1) is 16.7. The first-order chi connectivity index (χ1) is 8.95. The summed E-state index contributed by atoms with van der Waals surface area (Å²) in [6.07, 6.45) is 2.07. The van der Waals surface area contributed by atoms with E-state index in [-0.39, 0.29) is 16.4 Å². The molecule has 20 heavy (non-hydrogen) atoms. The van der Waals surface area contributed by atoms with Gasteiger partial charge in [0.1, 0.15) is 11.4 Å². The summed E-state index contributed by atoms with van der Waals surface area (Å²) in [7, 11) is 1.86. The van der Waals surface area contributed by atoms with Gasteiger partial charge in [-0.1, -0.05) is 20.8 Å². The van der Waals surface area contributed by atoms with E-state index in [9.17, 15) is 9.59 Å². The van der Waals surface area contributed by atoms with Crippen molar-refractivity contribution in [1.82, 2.24) is 0 Å². The Morgan fingerprint density at radius 1 is 1.00 bits per heavy atom. The Bertz CT molecular complexity index is 526. The van der Waals surface area contributed by atoms with Crippen molar-refractivity contribution < 1.29 is 0 Å². The zero-order valence-electron chi connectivity index (χ0n) is 13.9. The van der Waals surface area contributed by atoms with Crippen LogP contribution in [0.4, 0.5) is 11.4 Å². The van der Waals surface area contributed by atoms with Crippen LogP contribution in [-0.2, 0) is 0 Å². The molecule has 0 saturated carbocycles. The van der Waals surface area contributed by atoms with Gasteiger partial charge in [0.05, 0.1) is 0 Å². The molecule has 0 spiro atoms. The Balaban J connectivity index is 2.71. The summed E-state index contributed by atoms with van der Waals surface area (Å²) in [5.74, 6) is 0. The van der Waals surface area contributed by atoms with Crippen molar-refractivity contribution in [2.75, 3.05) is 23.8 Å². The van der Waals surface area contributed by atoms with Crippen LogP contribution >= 0.6 is 0 Å². The van der Waals surface area contributed by atoms with Crippen molar-refractivity contribution in [3.63, 3.8) is 0 Å². The molecule has 0 unspecified atom stereocenters. The standard InChI is InChI=1S/C16H28N2O2/c1-15(2,3)9-8-10-17-11-12(14(20)13(11)19)18(7)16(4,5)6/h17H,8-10H2,1-7H3. The molecule has 1 aromatic carbocycles. The Hall–Kier alpha value is -1.32. The van der Waals surface area contributed by atoms with E-state index in [0.717, 1.165) is 19.4 Å². The molecule has 0 fully saturated rings. The Morgan fingerprint density at radius 3 is 2.00 bits per heavy atom. The lowest BCUT2D eigenvalue weighted by atomic mass is 9.90. The van der Waals surface area contributed by atoms with E-state index in [4.69, 9.17) is 0 Å².